The molecule has 0 saturated heterocycles. The van der Waals surface area contributed by atoms with Crippen LogP contribution in [0.1, 0.15) is 68.6 Å². The number of aryl methyl sites for hydroxylation is 2. The van der Waals surface area contributed by atoms with Gasteiger partial charge in [-0.1, -0.05) is 57.4 Å². The highest BCUT2D eigenvalue weighted by molar-refractivity contribution is 5.95. The van der Waals surface area contributed by atoms with Gasteiger partial charge in [0.15, 0.2) is 0 Å². The third-order valence-corrected chi connectivity index (χ3v) is 6.01. The molecule has 0 N–H and O–H groups in total. The molecule has 1 heteroatoms. The minimum atomic E-state index is 0.750. The summed E-state index contributed by atoms with van der Waals surface area (Å²) in [7, 11) is 0. The first-order chi connectivity index (χ1) is 12.8. The van der Waals surface area contributed by atoms with Crippen LogP contribution in [-0.2, 0) is 12.8 Å². The molecule has 134 valence electrons. The first-order valence-corrected chi connectivity index (χ1v) is 10.3. The van der Waals surface area contributed by atoms with Crippen LogP contribution in [0.15, 0.2) is 48.7 Å². The van der Waals surface area contributed by atoms with Gasteiger partial charge >= 0.3 is 0 Å². The molecule has 0 atom stereocenters. The van der Waals surface area contributed by atoms with Crippen LogP contribution in [-0.4, -0.2) is 4.98 Å². The number of pyridine rings is 1. The maximum Gasteiger partial charge on any atom is 0.0780 e. The van der Waals surface area contributed by atoms with Crippen molar-refractivity contribution in [1.82, 2.24) is 4.98 Å². The molecule has 2 aromatic carbocycles. The van der Waals surface area contributed by atoms with Crippen molar-refractivity contribution in [3.05, 3.63) is 65.4 Å². The van der Waals surface area contributed by atoms with Crippen molar-refractivity contribution in [3.8, 4) is 11.3 Å². The van der Waals surface area contributed by atoms with Gasteiger partial charge in [0, 0.05) is 17.1 Å². The second-order valence-corrected chi connectivity index (χ2v) is 7.72. The van der Waals surface area contributed by atoms with Crippen molar-refractivity contribution in [1.29, 1.82) is 0 Å². The van der Waals surface area contributed by atoms with Crippen LogP contribution in [0.5, 0.6) is 0 Å². The van der Waals surface area contributed by atoms with Crippen LogP contribution < -0.4 is 0 Å². The molecule has 0 unspecified atom stereocenters. The molecule has 0 spiro atoms. The zero-order valence-corrected chi connectivity index (χ0v) is 16.1. The smallest absolute Gasteiger partial charge is 0.0780 e. The van der Waals surface area contributed by atoms with Gasteiger partial charge in [-0.05, 0) is 71.9 Å². The summed E-state index contributed by atoms with van der Waals surface area (Å²) in [6.45, 7) is 4.46. The second-order valence-electron chi connectivity index (χ2n) is 7.72. The van der Waals surface area contributed by atoms with Gasteiger partial charge in [-0.3, -0.25) is 4.98 Å². The summed E-state index contributed by atoms with van der Waals surface area (Å²) in [5.74, 6) is 0.750. The van der Waals surface area contributed by atoms with Crippen molar-refractivity contribution >= 4 is 10.8 Å². The molecule has 1 nitrogen and oxygen atoms in total. The number of hydrogen-bond acceptors (Lipinski definition) is 1. The highest BCUT2D eigenvalue weighted by atomic mass is 14.7. The van der Waals surface area contributed by atoms with Gasteiger partial charge in [0.25, 0.3) is 0 Å². The van der Waals surface area contributed by atoms with E-state index in [0.29, 0.717) is 0 Å². The normalized spacial score (nSPS) is 15.5. The average Bonchev–Trinajstić information content (AvgIpc) is 2.73. The van der Waals surface area contributed by atoms with E-state index in [1.165, 1.54) is 65.1 Å². The summed E-state index contributed by atoms with van der Waals surface area (Å²) in [6.07, 6.45) is 11.0. The number of rotatable bonds is 4. The number of benzene rings is 2. The molecule has 1 fully saturated rings. The summed E-state index contributed by atoms with van der Waals surface area (Å²) in [4.78, 5) is 4.77. The second kappa shape index (κ2) is 7.61. The van der Waals surface area contributed by atoms with Gasteiger partial charge in [0.05, 0.1) is 5.69 Å². The third-order valence-electron chi connectivity index (χ3n) is 6.01. The van der Waals surface area contributed by atoms with Gasteiger partial charge in [-0.25, -0.2) is 0 Å². The Morgan fingerprint density at radius 3 is 2.27 bits per heavy atom. The Morgan fingerprint density at radius 1 is 0.846 bits per heavy atom. The van der Waals surface area contributed by atoms with Crippen molar-refractivity contribution < 1.29 is 0 Å². The van der Waals surface area contributed by atoms with E-state index in [1.54, 1.807) is 0 Å². The minimum absolute atomic E-state index is 0.750. The quantitative estimate of drug-likeness (QED) is 0.493. The summed E-state index contributed by atoms with van der Waals surface area (Å²) in [5.41, 5.74) is 6.71. The molecule has 0 bridgehead atoms. The molecular weight excluding hydrogens is 314 g/mol. The lowest BCUT2D eigenvalue weighted by Crippen LogP contribution is -2.04. The fraction of sp³-hybridized carbons (Fsp3) is 0.400. The van der Waals surface area contributed by atoms with E-state index in [9.17, 15) is 0 Å². The van der Waals surface area contributed by atoms with E-state index in [-0.39, 0.29) is 0 Å². The molecule has 1 saturated carbocycles. The molecule has 0 aliphatic heterocycles. The molecule has 0 radical (unpaired) electrons. The van der Waals surface area contributed by atoms with Crippen LogP contribution in [0.4, 0.5) is 0 Å². The molecular formula is C25H29N. The molecule has 4 rings (SSSR count). The standard InChI is InChI=1S/C25H29N/c1-3-18-14-19(4-2)16-23(15-18)25-24-11-10-21(17-22(24)12-13-26-25)20-8-6-5-7-9-20/h10-17,20H,3-9H2,1-2H3. The topological polar surface area (TPSA) is 12.9 Å². The first kappa shape index (κ1) is 17.3. The van der Waals surface area contributed by atoms with Crippen LogP contribution >= 0.6 is 0 Å². The molecule has 1 aromatic heterocycles. The Hall–Kier alpha value is -2.15. The Morgan fingerprint density at radius 2 is 1.58 bits per heavy atom. The molecule has 26 heavy (non-hydrogen) atoms. The largest absolute Gasteiger partial charge is 0.256 e. The van der Waals surface area contributed by atoms with Crippen molar-refractivity contribution in [2.45, 2.75) is 64.7 Å². The Balaban J connectivity index is 1.79. The van der Waals surface area contributed by atoms with E-state index in [1.807, 2.05) is 6.20 Å². The predicted octanol–water partition coefficient (Wildman–Crippen LogP) is 7.07. The number of aromatic nitrogens is 1. The summed E-state index contributed by atoms with van der Waals surface area (Å²) in [5, 5.41) is 2.61. The van der Waals surface area contributed by atoms with Crippen molar-refractivity contribution in [3.63, 3.8) is 0 Å². The van der Waals surface area contributed by atoms with Gasteiger partial charge < -0.3 is 0 Å². The lowest BCUT2D eigenvalue weighted by Gasteiger charge is -2.22. The molecule has 1 aliphatic rings. The summed E-state index contributed by atoms with van der Waals surface area (Å²) in [6, 6.07) is 16.2. The van der Waals surface area contributed by atoms with E-state index in [2.05, 4.69) is 56.3 Å². The molecule has 3 aromatic rings. The van der Waals surface area contributed by atoms with E-state index in [4.69, 9.17) is 4.98 Å². The van der Waals surface area contributed by atoms with Gasteiger partial charge in [0.1, 0.15) is 0 Å². The van der Waals surface area contributed by atoms with E-state index >= 15 is 0 Å². The fourth-order valence-corrected chi connectivity index (χ4v) is 4.42. The zero-order chi connectivity index (χ0) is 17.9. The molecule has 1 heterocycles. The van der Waals surface area contributed by atoms with E-state index in [0.717, 1.165) is 24.5 Å². The van der Waals surface area contributed by atoms with Crippen LogP contribution in [0, 0.1) is 0 Å². The predicted molar refractivity (Wildman–Crippen MR) is 112 cm³/mol. The minimum Gasteiger partial charge on any atom is -0.256 e. The lowest BCUT2D eigenvalue weighted by atomic mass is 9.83. The highest BCUT2D eigenvalue weighted by Gasteiger charge is 2.16. The summed E-state index contributed by atoms with van der Waals surface area (Å²) < 4.78 is 0. The van der Waals surface area contributed by atoms with E-state index < -0.39 is 0 Å². The van der Waals surface area contributed by atoms with Gasteiger partial charge in [-0.15, -0.1) is 0 Å². The maximum atomic E-state index is 4.77. The zero-order valence-electron chi connectivity index (χ0n) is 16.1. The van der Waals surface area contributed by atoms with Gasteiger partial charge in [-0.2, -0.15) is 0 Å². The lowest BCUT2D eigenvalue weighted by molar-refractivity contribution is 0.444. The maximum absolute atomic E-state index is 4.77. The van der Waals surface area contributed by atoms with Crippen molar-refractivity contribution in [2.75, 3.05) is 0 Å². The molecule has 0 amide bonds. The number of fused-ring (bicyclic) bond motifs is 1. The van der Waals surface area contributed by atoms with Crippen molar-refractivity contribution in [2.24, 2.45) is 0 Å². The van der Waals surface area contributed by atoms with Crippen LogP contribution in [0.25, 0.3) is 22.0 Å². The SMILES string of the molecule is CCc1cc(CC)cc(-c2nccc3cc(C4CCCCC4)ccc23)c1. The Bertz CT molecular complexity index is 881. The third kappa shape index (κ3) is 3.40. The fourth-order valence-electron chi connectivity index (χ4n) is 4.42. The van der Waals surface area contributed by atoms with Gasteiger partial charge in [0.2, 0.25) is 0 Å². The molecule has 1 aliphatic carbocycles. The monoisotopic (exact) mass is 343 g/mol. The first-order valence-electron chi connectivity index (χ1n) is 10.3. The number of nitrogens with zero attached hydrogens (tertiary/aromatic N) is 1. The number of hydrogen-bond donors (Lipinski definition) is 0. The van der Waals surface area contributed by atoms with Crippen LogP contribution in [0.3, 0.4) is 0 Å². The van der Waals surface area contributed by atoms with Crippen LogP contribution in [0.2, 0.25) is 0 Å². The Kier molecular flexibility index (Phi) is 5.06. The highest BCUT2D eigenvalue weighted by Crippen LogP contribution is 2.35. The average molecular weight is 344 g/mol. The Labute approximate surface area is 157 Å². The summed E-state index contributed by atoms with van der Waals surface area (Å²) >= 11 is 0.